The van der Waals surface area contributed by atoms with Gasteiger partial charge in [-0.1, -0.05) is 12.1 Å². The van der Waals surface area contributed by atoms with E-state index in [4.69, 9.17) is 0 Å². The minimum Gasteiger partial charge on any atom is -0.469 e. The van der Waals surface area contributed by atoms with Crippen LogP contribution in [0.3, 0.4) is 0 Å². The molecule has 0 aliphatic carbocycles. The topological polar surface area (TPSA) is 46.5 Å². The summed E-state index contributed by atoms with van der Waals surface area (Å²) in [4.78, 5) is 11.3. The fourth-order valence-corrected chi connectivity index (χ4v) is 2.43. The molecule has 1 aromatic carbocycles. The van der Waals surface area contributed by atoms with Gasteiger partial charge in [0, 0.05) is 10.6 Å². The van der Waals surface area contributed by atoms with Gasteiger partial charge in [-0.3, -0.25) is 4.79 Å². The summed E-state index contributed by atoms with van der Waals surface area (Å²) in [6.07, 6.45) is -0.513. The highest BCUT2D eigenvalue weighted by Crippen LogP contribution is 2.30. The second-order valence-electron chi connectivity index (χ2n) is 3.51. The first-order chi connectivity index (χ1) is 8.06. The van der Waals surface area contributed by atoms with E-state index in [1.165, 1.54) is 24.9 Å². The van der Waals surface area contributed by atoms with Crippen molar-refractivity contribution in [2.45, 2.75) is 24.3 Å². The van der Waals surface area contributed by atoms with Gasteiger partial charge < -0.3 is 9.84 Å². The summed E-state index contributed by atoms with van der Waals surface area (Å²) in [5.41, 5.74) is 0.542. The predicted molar refractivity (Wildman–Crippen MR) is 64.4 cm³/mol. The van der Waals surface area contributed by atoms with Crippen molar-refractivity contribution >= 4 is 17.7 Å². The molecule has 3 nitrogen and oxygen atoms in total. The highest BCUT2D eigenvalue weighted by atomic mass is 32.2. The lowest BCUT2D eigenvalue weighted by atomic mass is 10.1. The van der Waals surface area contributed by atoms with Gasteiger partial charge in [0.2, 0.25) is 0 Å². The largest absolute Gasteiger partial charge is 0.469 e. The third-order valence-corrected chi connectivity index (χ3v) is 3.36. The van der Waals surface area contributed by atoms with E-state index in [0.29, 0.717) is 16.2 Å². The highest BCUT2D eigenvalue weighted by molar-refractivity contribution is 7.99. The average molecular weight is 258 g/mol. The zero-order valence-electron chi connectivity index (χ0n) is 9.77. The van der Waals surface area contributed by atoms with E-state index >= 15 is 0 Å². The molecule has 0 aliphatic heterocycles. The molecule has 1 aromatic rings. The van der Waals surface area contributed by atoms with Crippen molar-refractivity contribution < 1.29 is 19.0 Å². The molecule has 0 aliphatic rings. The molecule has 0 radical (unpaired) electrons. The SMILES string of the molecule is COC(=O)CCSc1c(F)cccc1[C@H](C)O. The first-order valence-corrected chi connectivity index (χ1v) is 6.21. The summed E-state index contributed by atoms with van der Waals surface area (Å²) in [5.74, 6) is -0.279. The summed E-state index contributed by atoms with van der Waals surface area (Å²) in [6, 6.07) is 4.57. The minimum absolute atomic E-state index is 0.217. The molecule has 5 heteroatoms. The molecular formula is C12H15FO3S. The molecule has 0 fully saturated rings. The van der Waals surface area contributed by atoms with Gasteiger partial charge in [0.1, 0.15) is 5.82 Å². The number of carbonyl (C=O) groups excluding carboxylic acids is 1. The van der Waals surface area contributed by atoms with Crippen molar-refractivity contribution in [1.29, 1.82) is 0 Å². The van der Waals surface area contributed by atoms with E-state index in [0.717, 1.165) is 0 Å². The predicted octanol–water partition coefficient (Wildman–Crippen LogP) is 2.53. The van der Waals surface area contributed by atoms with Crippen LogP contribution in [0.15, 0.2) is 23.1 Å². The van der Waals surface area contributed by atoms with Crippen LogP contribution < -0.4 is 0 Å². The van der Waals surface area contributed by atoms with E-state index < -0.39 is 6.10 Å². The maximum absolute atomic E-state index is 13.6. The Morgan fingerprint density at radius 2 is 2.29 bits per heavy atom. The number of hydrogen-bond acceptors (Lipinski definition) is 4. The first kappa shape index (κ1) is 14.0. The van der Waals surface area contributed by atoms with Gasteiger partial charge in [-0.25, -0.2) is 4.39 Å². The van der Waals surface area contributed by atoms with Crippen molar-refractivity contribution in [3.8, 4) is 0 Å². The Morgan fingerprint density at radius 3 is 2.88 bits per heavy atom. The molecule has 0 unspecified atom stereocenters. The van der Waals surface area contributed by atoms with Crippen LogP contribution in [0.4, 0.5) is 4.39 Å². The lowest BCUT2D eigenvalue weighted by Gasteiger charge is -2.12. The number of hydrogen-bond donors (Lipinski definition) is 1. The van der Waals surface area contributed by atoms with Gasteiger partial charge in [0.25, 0.3) is 0 Å². The summed E-state index contributed by atoms with van der Waals surface area (Å²) >= 11 is 1.21. The number of aliphatic hydroxyl groups excluding tert-OH is 1. The molecule has 0 bridgehead atoms. The van der Waals surface area contributed by atoms with Gasteiger partial charge >= 0.3 is 5.97 Å². The van der Waals surface area contributed by atoms with Crippen LogP contribution in [0.25, 0.3) is 0 Å². The number of aliphatic hydroxyl groups is 1. The maximum Gasteiger partial charge on any atom is 0.306 e. The van der Waals surface area contributed by atoms with Crippen LogP contribution in [-0.4, -0.2) is 23.9 Å². The smallest absolute Gasteiger partial charge is 0.306 e. The van der Waals surface area contributed by atoms with Crippen molar-refractivity contribution in [1.82, 2.24) is 0 Å². The number of benzene rings is 1. The van der Waals surface area contributed by atoms with Gasteiger partial charge in [-0.15, -0.1) is 11.8 Å². The fraction of sp³-hybridized carbons (Fsp3) is 0.417. The van der Waals surface area contributed by atoms with Crippen LogP contribution in [0.5, 0.6) is 0 Å². The van der Waals surface area contributed by atoms with E-state index in [-0.39, 0.29) is 18.2 Å². The number of ether oxygens (including phenoxy) is 1. The van der Waals surface area contributed by atoms with Gasteiger partial charge in [0.15, 0.2) is 0 Å². The average Bonchev–Trinajstić information content (AvgIpc) is 2.30. The molecule has 1 N–H and O–H groups in total. The van der Waals surface area contributed by atoms with Crippen LogP contribution >= 0.6 is 11.8 Å². The fourth-order valence-electron chi connectivity index (χ4n) is 1.35. The zero-order valence-corrected chi connectivity index (χ0v) is 10.6. The molecule has 94 valence electrons. The third-order valence-electron chi connectivity index (χ3n) is 2.23. The Morgan fingerprint density at radius 1 is 1.59 bits per heavy atom. The Kier molecular flexibility index (Phi) is 5.44. The number of esters is 1. The molecule has 0 saturated heterocycles. The summed E-state index contributed by atoms with van der Waals surface area (Å²) in [6.45, 7) is 1.58. The van der Waals surface area contributed by atoms with Crippen molar-refractivity contribution in [2.75, 3.05) is 12.9 Å². The number of rotatable bonds is 5. The molecule has 0 spiro atoms. The molecular weight excluding hydrogens is 243 g/mol. The molecule has 0 aromatic heterocycles. The Bertz CT molecular complexity index is 393. The monoisotopic (exact) mass is 258 g/mol. The lowest BCUT2D eigenvalue weighted by molar-refractivity contribution is -0.140. The normalized spacial score (nSPS) is 12.2. The summed E-state index contributed by atoms with van der Waals surface area (Å²) < 4.78 is 18.1. The van der Waals surface area contributed by atoms with Gasteiger partial charge in [-0.2, -0.15) is 0 Å². The van der Waals surface area contributed by atoms with E-state index in [1.807, 2.05) is 0 Å². The van der Waals surface area contributed by atoms with E-state index in [2.05, 4.69) is 4.74 Å². The van der Waals surface area contributed by atoms with E-state index in [1.54, 1.807) is 19.1 Å². The van der Waals surface area contributed by atoms with Gasteiger partial charge in [-0.05, 0) is 18.6 Å². The Hall–Kier alpha value is -1.07. The summed E-state index contributed by atoms with van der Waals surface area (Å²) in [7, 11) is 1.32. The van der Waals surface area contributed by atoms with Gasteiger partial charge in [0.05, 0.1) is 19.6 Å². The Labute approximate surface area is 104 Å². The first-order valence-electron chi connectivity index (χ1n) is 5.22. The summed E-state index contributed by atoms with van der Waals surface area (Å²) in [5, 5.41) is 9.51. The Balaban J connectivity index is 2.72. The number of halogens is 1. The van der Waals surface area contributed by atoms with Crippen molar-refractivity contribution in [2.24, 2.45) is 0 Å². The molecule has 0 saturated carbocycles. The third kappa shape index (κ3) is 4.02. The molecule has 1 rings (SSSR count). The molecule has 1 atom stereocenters. The van der Waals surface area contributed by atoms with Crippen molar-refractivity contribution in [3.63, 3.8) is 0 Å². The van der Waals surface area contributed by atoms with Crippen LogP contribution in [0.1, 0.15) is 25.0 Å². The standard InChI is InChI=1S/C12H15FO3S/c1-8(14)9-4-3-5-10(13)12(9)17-7-6-11(15)16-2/h3-5,8,14H,6-7H2,1-2H3/t8-/m0/s1. The minimum atomic E-state index is -0.730. The molecule has 17 heavy (non-hydrogen) atoms. The molecule has 0 heterocycles. The number of carbonyl (C=O) groups is 1. The zero-order chi connectivity index (χ0) is 12.8. The molecule has 0 amide bonds. The lowest BCUT2D eigenvalue weighted by Crippen LogP contribution is -2.02. The number of thioether (sulfide) groups is 1. The quantitative estimate of drug-likeness (QED) is 0.651. The maximum atomic E-state index is 13.6. The van der Waals surface area contributed by atoms with Crippen LogP contribution in [-0.2, 0) is 9.53 Å². The van der Waals surface area contributed by atoms with Crippen LogP contribution in [0, 0.1) is 5.82 Å². The van der Waals surface area contributed by atoms with Crippen LogP contribution in [0.2, 0.25) is 0 Å². The number of methoxy groups -OCH3 is 1. The van der Waals surface area contributed by atoms with Crippen molar-refractivity contribution in [3.05, 3.63) is 29.6 Å². The second kappa shape index (κ2) is 6.61. The highest BCUT2D eigenvalue weighted by Gasteiger charge is 2.13. The van der Waals surface area contributed by atoms with E-state index in [9.17, 15) is 14.3 Å². The second-order valence-corrected chi connectivity index (χ2v) is 4.61.